The van der Waals surface area contributed by atoms with Crippen molar-refractivity contribution >= 4 is 0 Å². The van der Waals surface area contributed by atoms with Gasteiger partial charge in [0.2, 0.25) is 0 Å². The molecule has 84 valence electrons. The van der Waals surface area contributed by atoms with Gasteiger partial charge in [-0.3, -0.25) is 4.57 Å². The number of nitrogens with zero attached hydrogens (tertiary/aromatic N) is 2. The van der Waals surface area contributed by atoms with Crippen LogP contribution in [0.3, 0.4) is 0 Å². The fraction of sp³-hybridized carbons (Fsp3) is 0.700. The monoisotopic (exact) mass is 210 g/mol. The zero-order chi connectivity index (χ0) is 10.5. The van der Waals surface area contributed by atoms with Crippen molar-refractivity contribution in [2.24, 2.45) is 0 Å². The lowest BCUT2D eigenvalue weighted by Crippen LogP contribution is -2.44. The molecule has 5 nitrogen and oxygen atoms in total. The van der Waals surface area contributed by atoms with Crippen LogP contribution >= 0.6 is 0 Å². The molecule has 0 aliphatic carbocycles. The molecule has 0 radical (unpaired) electrons. The largest absolute Gasteiger partial charge is 0.325 e. The number of nitrogens with one attached hydrogen (secondary N) is 2. The summed E-state index contributed by atoms with van der Waals surface area (Å²) < 4.78 is 1.72. The van der Waals surface area contributed by atoms with E-state index in [1.807, 2.05) is 0 Å². The van der Waals surface area contributed by atoms with Crippen molar-refractivity contribution in [1.82, 2.24) is 19.8 Å². The Labute approximate surface area is 89.1 Å². The molecule has 5 heteroatoms. The summed E-state index contributed by atoms with van der Waals surface area (Å²) in [6.07, 6.45) is 4.53. The zero-order valence-electron chi connectivity index (χ0n) is 8.91. The van der Waals surface area contributed by atoms with E-state index >= 15 is 0 Å². The quantitative estimate of drug-likeness (QED) is 0.702. The Morgan fingerprint density at radius 3 is 2.73 bits per heavy atom. The topological polar surface area (TPSA) is 53.1 Å². The van der Waals surface area contributed by atoms with Gasteiger partial charge in [0.15, 0.2) is 0 Å². The van der Waals surface area contributed by atoms with Crippen LogP contribution in [-0.4, -0.2) is 47.2 Å². The molecule has 15 heavy (non-hydrogen) atoms. The molecule has 0 bridgehead atoms. The lowest BCUT2D eigenvalue weighted by molar-refractivity contribution is 0.234. The van der Waals surface area contributed by atoms with Gasteiger partial charge in [-0.05, 0) is 13.0 Å². The highest BCUT2D eigenvalue weighted by Crippen LogP contribution is 1.95. The fourth-order valence-electron chi connectivity index (χ4n) is 1.92. The molecule has 1 saturated heterocycles. The lowest BCUT2D eigenvalue weighted by atomic mass is 10.3. The minimum atomic E-state index is -0.00434. The van der Waals surface area contributed by atoms with Crippen LogP contribution in [0.2, 0.25) is 0 Å². The summed E-state index contributed by atoms with van der Waals surface area (Å²) in [6.45, 7) is 6.32. The first-order valence-corrected chi connectivity index (χ1v) is 5.53. The first-order chi connectivity index (χ1) is 7.36. The van der Waals surface area contributed by atoms with Crippen LogP contribution < -0.4 is 11.0 Å². The minimum Gasteiger partial charge on any atom is -0.314 e. The van der Waals surface area contributed by atoms with E-state index in [2.05, 4.69) is 15.2 Å². The lowest BCUT2D eigenvalue weighted by Gasteiger charge is -2.26. The highest BCUT2D eigenvalue weighted by Gasteiger charge is 2.08. The van der Waals surface area contributed by atoms with Crippen molar-refractivity contribution in [2.75, 3.05) is 32.7 Å². The van der Waals surface area contributed by atoms with Gasteiger partial charge < -0.3 is 15.2 Å². The van der Waals surface area contributed by atoms with E-state index < -0.39 is 0 Å². The van der Waals surface area contributed by atoms with E-state index in [0.717, 1.165) is 45.7 Å². The van der Waals surface area contributed by atoms with E-state index in [0.29, 0.717) is 0 Å². The van der Waals surface area contributed by atoms with Crippen molar-refractivity contribution in [3.05, 3.63) is 22.9 Å². The van der Waals surface area contributed by atoms with Gasteiger partial charge in [0.05, 0.1) is 0 Å². The Kier molecular flexibility index (Phi) is 3.58. The number of aromatic nitrogens is 2. The average Bonchev–Trinajstić information content (AvgIpc) is 2.66. The van der Waals surface area contributed by atoms with Gasteiger partial charge in [0.1, 0.15) is 0 Å². The number of aromatic amines is 1. The van der Waals surface area contributed by atoms with Gasteiger partial charge in [-0.15, -0.1) is 0 Å². The molecule has 0 amide bonds. The predicted molar refractivity (Wildman–Crippen MR) is 59.0 cm³/mol. The molecule has 0 saturated carbocycles. The van der Waals surface area contributed by atoms with Crippen molar-refractivity contribution in [3.63, 3.8) is 0 Å². The van der Waals surface area contributed by atoms with Crippen molar-refractivity contribution < 1.29 is 0 Å². The first-order valence-electron chi connectivity index (χ1n) is 5.53. The summed E-state index contributed by atoms with van der Waals surface area (Å²) in [5.41, 5.74) is -0.00434. The van der Waals surface area contributed by atoms with Crippen LogP contribution in [-0.2, 0) is 6.54 Å². The highest BCUT2D eigenvalue weighted by molar-refractivity contribution is 4.76. The maximum Gasteiger partial charge on any atom is 0.325 e. The molecular weight excluding hydrogens is 192 g/mol. The number of imidazole rings is 1. The van der Waals surface area contributed by atoms with Crippen LogP contribution in [0.4, 0.5) is 0 Å². The molecule has 2 N–H and O–H groups in total. The summed E-state index contributed by atoms with van der Waals surface area (Å²) in [5.74, 6) is 0. The maximum atomic E-state index is 11.2. The average molecular weight is 210 g/mol. The van der Waals surface area contributed by atoms with E-state index in [1.54, 1.807) is 17.0 Å². The van der Waals surface area contributed by atoms with Crippen molar-refractivity contribution in [3.8, 4) is 0 Å². The van der Waals surface area contributed by atoms with Crippen molar-refractivity contribution in [2.45, 2.75) is 13.0 Å². The second kappa shape index (κ2) is 5.14. The van der Waals surface area contributed by atoms with Crippen LogP contribution in [0.15, 0.2) is 17.2 Å². The SMILES string of the molecule is O=c1[nH]ccn1CCCN1CCNCC1. The van der Waals surface area contributed by atoms with Crippen LogP contribution in [0.5, 0.6) is 0 Å². The summed E-state index contributed by atoms with van der Waals surface area (Å²) in [6, 6.07) is 0. The fourth-order valence-corrected chi connectivity index (χ4v) is 1.92. The minimum absolute atomic E-state index is 0.00434. The predicted octanol–water partition coefficient (Wildman–Crippen LogP) is -0.528. The summed E-state index contributed by atoms with van der Waals surface area (Å²) in [7, 11) is 0. The maximum absolute atomic E-state index is 11.2. The Bertz CT molecular complexity index is 337. The molecule has 2 rings (SSSR count). The second-order valence-corrected chi connectivity index (χ2v) is 3.90. The van der Waals surface area contributed by atoms with Gasteiger partial charge in [0, 0.05) is 45.1 Å². The molecular formula is C10H18N4O. The number of hydrogen-bond acceptors (Lipinski definition) is 3. The van der Waals surface area contributed by atoms with Crippen LogP contribution in [0.25, 0.3) is 0 Å². The highest BCUT2D eigenvalue weighted by atomic mass is 16.1. The molecule has 1 aromatic rings. The first kappa shape index (κ1) is 10.4. The van der Waals surface area contributed by atoms with E-state index in [9.17, 15) is 4.79 Å². The van der Waals surface area contributed by atoms with E-state index in [-0.39, 0.29) is 5.69 Å². The second-order valence-electron chi connectivity index (χ2n) is 3.90. The third-order valence-electron chi connectivity index (χ3n) is 2.81. The smallest absolute Gasteiger partial charge is 0.314 e. The van der Waals surface area contributed by atoms with Gasteiger partial charge in [-0.1, -0.05) is 0 Å². The van der Waals surface area contributed by atoms with Gasteiger partial charge in [0.25, 0.3) is 0 Å². The summed E-state index contributed by atoms with van der Waals surface area (Å²) >= 11 is 0. The molecule has 0 spiro atoms. The van der Waals surface area contributed by atoms with Crippen molar-refractivity contribution in [1.29, 1.82) is 0 Å². The molecule has 0 atom stereocenters. The standard InChI is InChI=1S/C10H18N4O/c15-10-12-4-9-14(10)6-1-5-13-7-2-11-3-8-13/h4,9,11H,1-3,5-8H2,(H,12,15). The van der Waals surface area contributed by atoms with Crippen LogP contribution in [0, 0.1) is 0 Å². The Balaban J connectivity index is 1.70. The Morgan fingerprint density at radius 2 is 2.07 bits per heavy atom. The Morgan fingerprint density at radius 1 is 1.27 bits per heavy atom. The number of hydrogen-bond donors (Lipinski definition) is 2. The molecule has 1 fully saturated rings. The molecule has 0 unspecified atom stereocenters. The van der Waals surface area contributed by atoms with Gasteiger partial charge in [-0.2, -0.15) is 0 Å². The number of piperazine rings is 1. The third kappa shape index (κ3) is 2.94. The van der Waals surface area contributed by atoms with Gasteiger partial charge >= 0.3 is 5.69 Å². The molecule has 1 aliphatic heterocycles. The normalized spacial score (nSPS) is 18.1. The molecule has 1 aromatic heterocycles. The zero-order valence-corrected chi connectivity index (χ0v) is 8.91. The van der Waals surface area contributed by atoms with E-state index in [4.69, 9.17) is 0 Å². The molecule has 0 aromatic carbocycles. The summed E-state index contributed by atoms with van der Waals surface area (Å²) in [4.78, 5) is 16.3. The van der Waals surface area contributed by atoms with Gasteiger partial charge in [-0.25, -0.2) is 4.79 Å². The third-order valence-corrected chi connectivity index (χ3v) is 2.81. The molecule has 1 aliphatic rings. The number of aryl methyl sites for hydroxylation is 1. The van der Waals surface area contributed by atoms with Crippen LogP contribution in [0.1, 0.15) is 6.42 Å². The van der Waals surface area contributed by atoms with E-state index in [1.165, 1.54) is 0 Å². The number of rotatable bonds is 4. The Hall–Kier alpha value is -1.07. The molecule has 2 heterocycles. The number of H-pyrrole nitrogens is 1. The summed E-state index contributed by atoms with van der Waals surface area (Å²) in [5, 5.41) is 3.33.